The molecule has 11 heavy (non-hydrogen) atoms. The molecule has 0 spiro atoms. The summed E-state index contributed by atoms with van der Waals surface area (Å²) in [5, 5.41) is 0.734. The SMILES string of the molecule is CCc1cccc(OC)c1Cl. The highest BCUT2D eigenvalue weighted by Gasteiger charge is 2.02. The van der Waals surface area contributed by atoms with Crippen molar-refractivity contribution in [3.05, 3.63) is 28.8 Å². The van der Waals surface area contributed by atoms with Gasteiger partial charge >= 0.3 is 0 Å². The summed E-state index contributed by atoms with van der Waals surface area (Å²) < 4.78 is 5.06. The lowest BCUT2D eigenvalue weighted by Crippen LogP contribution is -1.87. The first-order valence-corrected chi connectivity index (χ1v) is 3.98. The standard InChI is InChI=1S/C9H11ClO/c1-3-7-5-4-6-8(11-2)9(7)10/h4-6H,3H2,1-2H3. The second-order valence-electron chi connectivity index (χ2n) is 2.29. The first-order chi connectivity index (χ1) is 5.29. The van der Waals surface area contributed by atoms with Gasteiger partial charge in [-0.25, -0.2) is 0 Å². The molecule has 0 atom stereocenters. The Hall–Kier alpha value is -0.690. The molecule has 0 amide bonds. The molecule has 1 aromatic carbocycles. The molecular formula is C9H11ClO. The Bertz CT molecular complexity index is 223. The maximum atomic E-state index is 5.98. The smallest absolute Gasteiger partial charge is 0.137 e. The van der Waals surface area contributed by atoms with Crippen LogP contribution in [0.15, 0.2) is 18.2 Å². The highest BCUT2D eigenvalue weighted by Crippen LogP contribution is 2.27. The summed E-state index contributed by atoms with van der Waals surface area (Å²) in [6.45, 7) is 2.07. The van der Waals surface area contributed by atoms with Crippen LogP contribution in [0.25, 0.3) is 0 Å². The van der Waals surface area contributed by atoms with Crippen molar-refractivity contribution < 1.29 is 4.74 Å². The second-order valence-corrected chi connectivity index (χ2v) is 2.66. The summed E-state index contributed by atoms with van der Waals surface area (Å²) in [6.07, 6.45) is 0.941. The van der Waals surface area contributed by atoms with Gasteiger partial charge in [0.25, 0.3) is 0 Å². The van der Waals surface area contributed by atoms with Crippen molar-refractivity contribution in [1.29, 1.82) is 0 Å². The topological polar surface area (TPSA) is 9.23 Å². The van der Waals surface area contributed by atoms with Crippen LogP contribution in [-0.4, -0.2) is 7.11 Å². The third kappa shape index (κ3) is 1.66. The minimum atomic E-state index is 0.734. The molecule has 0 saturated heterocycles. The van der Waals surface area contributed by atoms with E-state index in [1.165, 1.54) is 0 Å². The van der Waals surface area contributed by atoms with Crippen molar-refractivity contribution in [2.45, 2.75) is 13.3 Å². The Morgan fingerprint density at radius 3 is 2.73 bits per heavy atom. The average Bonchev–Trinajstić information content (AvgIpc) is 2.05. The number of methoxy groups -OCH3 is 1. The van der Waals surface area contributed by atoms with Gasteiger partial charge in [-0.1, -0.05) is 30.7 Å². The van der Waals surface area contributed by atoms with Crippen LogP contribution in [0.2, 0.25) is 5.02 Å². The molecule has 0 N–H and O–H groups in total. The molecule has 1 rings (SSSR count). The zero-order chi connectivity index (χ0) is 8.27. The molecule has 0 heterocycles. The Kier molecular flexibility index (Phi) is 2.77. The van der Waals surface area contributed by atoms with Crippen molar-refractivity contribution in [1.82, 2.24) is 0 Å². The lowest BCUT2D eigenvalue weighted by molar-refractivity contribution is 0.414. The van der Waals surface area contributed by atoms with Gasteiger partial charge < -0.3 is 4.74 Å². The van der Waals surface area contributed by atoms with Gasteiger partial charge in [0.2, 0.25) is 0 Å². The van der Waals surface area contributed by atoms with Crippen molar-refractivity contribution in [3.8, 4) is 5.75 Å². The average molecular weight is 171 g/mol. The van der Waals surface area contributed by atoms with E-state index in [2.05, 4.69) is 6.92 Å². The summed E-state index contributed by atoms with van der Waals surface area (Å²) in [6, 6.07) is 5.82. The van der Waals surface area contributed by atoms with Gasteiger partial charge in [-0.3, -0.25) is 0 Å². The molecule has 0 aromatic heterocycles. The predicted octanol–water partition coefficient (Wildman–Crippen LogP) is 2.91. The monoisotopic (exact) mass is 170 g/mol. The van der Waals surface area contributed by atoms with E-state index in [4.69, 9.17) is 16.3 Å². The summed E-state index contributed by atoms with van der Waals surface area (Å²) >= 11 is 5.98. The van der Waals surface area contributed by atoms with Gasteiger partial charge in [0.15, 0.2) is 0 Å². The molecule has 0 aliphatic heterocycles. The molecule has 1 nitrogen and oxygen atoms in total. The maximum absolute atomic E-state index is 5.98. The summed E-state index contributed by atoms with van der Waals surface area (Å²) in [5.41, 5.74) is 1.13. The van der Waals surface area contributed by atoms with Crippen molar-refractivity contribution in [2.24, 2.45) is 0 Å². The lowest BCUT2D eigenvalue weighted by Gasteiger charge is -2.05. The molecule has 0 saturated carbocycles. The first kappa shape index (κ1) is 8.41. The predicted molar refractivity (Wildman–Crippen MR) is 47.4 cm³/mol. The van der Waals surface area contributed by atoms with Crippen LogP contribution in [-0.2, 0) is 6.42 Å². The molecule has 0 bridgehead atoms. The molecule has 60 valence electrons. The second kappa shape index (κ2) is 3.63. The molecular weight excluding hydrogens is 160 g/mol. The summed E-state index contributed by atoms with van der Waals surface area (Å²) in [7, 11) is 1.63. The van der Waals surface area contributed by atoms with E-state index in [1.807, 2.05) is 18.2 Å². The highest BCUT2D eigenvalue weighted by atomic mass is 35.5. The third-order valence-electron chi connectivity index (χ3n) is 1.64. The zero-order valence-corrected chi connectivity index (χ0v) is 7.48. The quantitative estimate of drug-likeness (QED) is 0.663. The van der Waals surface area contributed by atoms with E-state index in [9.17, 15) is 0 Å². The lowest BCUT2D eigenvalue weighted by atomic mass is 10.1. The van der Waals surface area contributed by atoms with Crippen molar-refractivity contribution in [3.63, 3.8) is 0 Å². The van der Waals surface area contributed by atoms with E-state index in [-0.39, 0.29) is 0 Å². The number of benzene rings is 1. The van der Waals surface area contributed by atoms with Gasteiger partial charge in [0.05, 0.1) is 12.1 Å². The number of halogens is 1. The number of hydrogen-bond acceptors (Lipinski definition) is 1. The van der Waals surface area contributed by atoms with E-state index < -0.39 is 0 Å². The normalized spacial score (nSPS) is 9.73. The number of aryl methyl sites for hydroxylation is 1. The van der Waals surface area contributed by atoms with E-state index in [1.54, 1.807) is 7.11 Å². The van der Waals surface area contributed by atoms with Crippen LogP contribution in [0.4, 0.5) is 0 Å². The van der Waals surface area contributed by atoms with Gasteiger partial charge in [0, 0.05) is 0 Å². The molecule has 0 aliphatic rings. The van der Waals surface area contributed by atoms with E-state index in [0.717, 1.165) is 22.8 Å². The van der Waals surface area contributed by atoms with Crippen LogP contribution in [0.3, 0.4) is 0 Å². The molecule has 0 radical (unpaired) electrons. The third-order valence-corrected chi connectivity index (χ3v) is 2.07. The van der Waals surface area contributed by atoms with Gasteiger partial charge in [-0.2, -0.15) is 0 Å². The first-order valence-electron chi connectivity index (χ1n) is 3.61. The zero-order valence-electron chi connectivity index (χ0n) is 6.73. The Morgan fingerprint density at radius 2 is 2.18 bits per heavy atom. The van der Waals surface area contributed by atoms with Gasteiger partial charge in [0.1, 0.15) is 5.75 Å². The van der Waals surface area contributed by atoms with E-state index in [0.29, 0.717) is 0 Å². The van der Waals surface area contributed by atoms with Crippen LogP contribution < -0.4 is 4.74 Å². The highest BCUT2D eigenvalue weighted by molar-refractivity contribution is 6.32. The maximum Gasteiger partial charge on any atom is 0.137 e. The van der Waals surface area contributed by atoms with Gasteiger partial charge in [-0.05, 0) is 18.1 Å². The van der Waals surface area contributed by atoms with Crippen LogP contribution in [0.1, 0.15) is 12.5 Å². The Labute approximate surface area is 71.9 Å². The number of ether oxygens (including phenoxy) is 1. The fraction of sp³-hybridized carbons (Fsp3) is 0.333. The number of rotatable bonds is 2. The summed E-state index contributed by atoms with van der Waals surface area (Å²) in [4.78, 5) is 0. The van der Waals surface area contributed by atoms with Crippen molar-refractivity contribution >= 4 is 11.6 Å². The fourth-order valence-corrected chi connectivity index (χ4v) is 1.32. The van der Waals surface area contributed by atoms with Crippen LogP contribution in [0, 0.1) is 0 Å². The van der Waals surface area contributed by atoms with Crippen LogP contribution >= 0.6 is 11.6 Å². The number of hydrogen-bond donors (Lipinski definition) is 0. The molecule has 0 unspecified atom stereocenters. The molecule has 0 aliphatic carbocycles. The van der Waals surface area contributed by atoms with Crippen LogP contribution in [0.5, 0.6) is 5.75 Å². The summed E-state index contributed by atoms with van der Waals surface area (Å²) in [5.74, 6) is 0.756. The minimum absolute atomic E-state index is 0.734. The largest absolute Gasteiger partial charge is 0.495 e. The minimum Gasteiger partial charge on any atom is -0.495 e. The Morgan fingerprint density at radius 1 is 1.45 bits per heavy atom. The van der Waals surface area contributed by atoms with Crippen molar-refractivity contribution in [2.75, 3.05) is 7.11 Å². The molecule has 2 heteroatoms. The fourth-order valence-electron chi connectivity index (χ4n) is 0.987. The molecule has 0 fully saturated rings. The van der Waals surface area contributed by atoms with E-state index >= 15 is 0 Å². The Balaban J connectivity index is 3.10. The van der Waals surface area contributed by atoms with Gasteiger partial charge in [-0.15, -0.1) is 0 Å². The molecule has 1 aromatic rings.